The Balaban J connectivity index is 1.96. The molecule has 0 saturated carbocycles. The van der Waals surface area contributed by atoms with Gasteiger partial charge in [0, 0.05) is 11.6 Å². The van der Waals surface area contributed by atoms with Gasteiger partial charge in [0.15, 0.2) is 17.6 Å². The first-order valence-corrected chi connectivity index (χ1v) is 8.79. The summed E-state index contributed by atoms with van der Waals surface area (Å²) in [5.74, 6) is -0.836. The van der Waals surface area contributed by atoms with Crippen molar-refractivity contribution in [3.8, 4) is 5.75 Å². The van der Waals surface area contributed by atoms with E-state index in [0.717, 1.165) is 18.2 Å². The van der Waals surface area contributed by atoms with Crippen LogP contribution in [-0.2, 0) is 19.6 Å². The van der Waals surface area contributed by atoms with E-state index >= 15 is 0 Å². The molecule has 0 aromatic heterocycles. The molecule has 134 valence electrons. The molecule has 1 unspecified atom stereocenters. The summed E-state index contributed by atoms with van der Waals surface area (Å²) in [7, 11) is -2.97. The largest absolute Gasteiger partial charge is 0.497 e. The number of benzene rings is 1. The second-order valence-electron chi connectivity index (χ2n) is 5.37. The van der Waals surface area contributed by atoms with Crippen molar-refractivity contribution in [2.24, 2.45) is 4.99 Å². The van der Waals surface area contributed by atoms with E-state index < -0.39 is 28.0 Å². The maximum atomic E-state index is 12.3. The molecule has 0 bridgehead atoms. The quantitative estimate of drug-likeness (QED) is 0.366. The Morgan fingerprint density at radius 2 is 2.15 bits per heavy atom. The fourth-order valence-corrected chi connectivity index (χ4v) is 2.87. The van der Waals surface area contributed by atoms with Gasteiger partial charge in [-0.25, -0.2) is 9.79 Å². The Hall–Kier alpha value is -3.04. The summed E-state index contributed by atoms with van der Waals surface area (Å²) in [5, 5.41) is 0. The zero-order chi connectivity index (χ0) is 18.9. The second-order valence-corrected chi connectivity index (χ2v) is 6.79. The van der Waals surface area contributed by atoms with Gasteiger partial charge in [0.2, 0.25) is 0 Å². The van der Waals surface area contributed by atoms with Crippen molar-refractivity contribution in [1.82, 2.24) is 0 Å². The molecule has 1 aliphatic heterocycles. The van der Waals surface area contributed by atoms with E-state index in [0.29, 0.717) is 5.75 Å². The van der Waals surface area contributed by atoms with Crippen LogP contribution in [0.3, 0.4) is 0 Å². The van der Waals surface area contributed by atoms with Gasteiger partial charge >= 0.3 is 5.97 Å². The normalized spacial score (nSPS) is 20.8. The second kappa shape index (κ2) is 6.70. The summed E-state index contributed by atoms with van der Waals surface area (Å²) < 4.78 is 41.7. The summed E-state index contributed by atoms with van der Waals surface area (Å²) in [5.41, 5.74) is 0.0967. The van der Waals surface area contributed by atoms with Gasteiger partial charge in [-0.05, 0) is 30.4 Å². The molecule has 1 aromatic carbocycles. The van der Waals surface area contributed by atoms with Crippen molar-refractivity contribution in [3.05, 3.63) is 64.7 Å². The fourth-order valence-electron chi connectivity index (χ4n) is 2.35. The maximum absolute atomic E-state index is 12.3. The third-order valence-corrected chi connectivity index (χ3v) is 4.48. The highest BCUT2D eigenvalue weighted by Gasteiger charge is 2.30. The third kappa shape index (κ3) is 3.63. The summed E-state index contributed by atoms with van der Waals surface area (Å²) >= 11 is 0. The Morgan fingerprint density at radius 3 is 2.85 bits per heavy atom. The molecule has 1 N–H and O–H groups in total. The van der Waals surface area contributed by atoms with E-state index in [1.165, 1.54) is 19.3 Å². The van der Waals surface area contributed by atoms with Gasteiger partial charge in [-0.2, -0.15) is 8.42 Å². The fraction of sp³-hybridized carbons (Fsp3) is 0.118. The van der Waals surface area contributed by atoms with Gasteiger partial charge in [0.05, 0.1) is 17.7 Å². The molecule has 0 fully saturated rings. The standard InChI is InChI=1S/C17H13NO7S/c1-24-11-4-2-3-10(7-11)15(19)9-14-17(20)25-16-6-5-12(26(21,22)23)8-13(16)18-14/h2-9,16H,1H3,(H,21,22,23)/b14-9+. The number of hydrogen-bond acceptors (Lipinski definition) is 7. The highest BCUT2D eigenvalue weighted by atomic mass is 32.2. The Labute approximate surface area is 148 Å². The van der Waals surface area contributed by atoms with Crippen LogP contribution in [0.4, 0.5) is 0 Å². The van der Waals surface area contributed by atoms with Gasteiger partial charge in [0.1, 0.15) is 5.75 Å². The predicted molar refractivity (Wildman–Crippen MR) is 91.5 cm³/mol. The smallest absolute Gasteiger partial charge is 0.358 e. The predicted octanol–water partition coefficient (Wildman–Crippen LogP) is 1.47. The minimum atomic E-state index is -4.43. The molecule has 0 amide bonds. The first-order valence-electron chi connectivity index (χ1n) is 7.35. The average Bonchev–Trinajstić information content (AvgIpc) is 2.61. The Bertz CT molecular complexity index is 1020. The highest BCUT2D eigenvalue weighted by molar-refractivity contribution is 7.90. The molecule has 26 heavy (non-hydrogen) atoms. The Morgan fingerprint density at radius 1 is 1.38 bits per heavy atom. The lowest BCUT2D eigenvalue weighted by Gasteiger charge is -2.22. The number of nitrogens with zero attached hydrogens (tertiary/aromatic N) is 1. The van der Waals surface area contributed by atoms with E-state index in [-0.39, 0.29) is 21.9 Å². The number of ketones is 1. The van der Waals surface area contributed by atoms with Crippen LogP contribution in [0, 0.1) is 0 Å². The van der Waals surface area contributed by atoms with Crippen LogP contribution in [0.5, 0.6) is 5.75 Å². The van der Waals surface area contributed by atoms with E-state index in [1.54, 1.807) is 18.2 Å². The minimum absolute atomic E-state index is 0.0874. The van der Waals surface area contributed by atoms with Gasteiger partial charge in [0.25, 0.3) is 10.1 Å². The number of rotatable bonds is 4. The molecule has 1 aliphatic carbocycles. The molecule has 2 aliphatic rings. The van der Waals surface area contributed by atoms with Gasteiger partial charge < -0.3 is 9.47 Å². The molecule has 1 atom stereocenters. The molecule has 0 radical (unpaired) electrons. The zero-order valence-corrected chi connectivity index (χ0v) is 14.3. The van der Waals surface area contributed by atoms with E-state index in [9.17, 15) is 18.0 Å². The number of carbonyl (C=O) groups excluding carboxylic acids is 2. The average molecular weight is 375 g/mol. The molecule has 1 aromatic rings. The number of esters is 1. The minimum Gasteiger partial charge on any atom is -0.497 e. The van der Waals surface area contributed by atoms with Crippen LogP contribution in [0.25, 0.3) is 0 Å². The molecular weight excluding hydrogens is 362 g/mol. The van der Waals surface area contributed by atoms with E-state index in [2.05, 4.69) is 4.99 Å². The molecule has 1 heterocycles. The van der Waals surface area contributed by atoms with E-state index in [1.807, 2.05) is 0 Å². The lowest BCUT2D eigenvalue weighted by Crippen LogP contribution is -2.32. The van der Waals surface area contributed by atoms with Crippen molar-refractivity contribution >= 4 is 27.6 Å². The van der Waals surface area contributed by atoms with Crippen LogP contribution in [0.2, 0.25) is 0 Å². The molecule has 8 nitrogen and oxygen atoms in total. The van der Waals surface area contributed by atoms with Crippen molar-refractivity contribution in [2.75, 3.05) is 7.11 Å². The summed E-state index contributed by atoms with van der Waals surface area (Å²) in [4.78, 5) is 28.0. The monoisotopic (exact) mass is 375 g/mol. The highest BCUT2D eigenvalue weighted by Crippen LogP contribution is 2.23. The molecule has 9 heteroatoms. The van der Waals surface area contributed by atoms with Gasteiger partial charge in [-0.1, -0.05) is 12.1 Å². The SMILES string of the molecule is COc1cccc(C(=O)/C=C2/N=C3C=C(S(=O)(=O)O)C=CC3OC2=O)c1. The number of carbonyl (C=O) groups is 2. The number of aliphatic imine (C=N–C) groups is 1. The number of fused-ring (bicyclic) bond motifs is 1. The molecule has 0 saturated heterocycles. The summed E-state index contributed by atoms with van der Waals surface area (Å²) in [6, 6.07) is 6.34. The van der Waals surface area contributed by atoms with E-state index in [4.69, 9.17) is 14.0 Å². The topological polar surface area (TPSA) is 119 Å². The summed E-state index contributed by atoms with van der Waals surface area (Å²) in [6.07, 6.45) is 3.59. The summed E-state index contributed by atoms with van der Waals surface area (Å²) in [6.45, 7) is 0. The third-order valence-electron chi connectivity index (χ3n) is 3.63. The number of methoxy groups -OCH3 is 1. The van der Waals surface area contributed by atoms with Crippen molar-refractivity contribution in [1.29, 1.82) is 0 Å². The maximum Gasteiger partial charge on any atom is 0.358 e. The molecule has 3 rings (SSSR count). The van der Waals surface area contributed by atoms with Crippen molar-refractivity contribution in [3.63, 3.8) is 0 Å². The van der Waals surface area contributed by atoms with Crippen molar-refractivity contribution < 1.29 is 32.0 Å². The van der Waals surface area contributed by atoms with Crippen LogP contribution in [-0.4, -0.2) is 43.6 Å². The van der Waals surface area contributed by atoms with Gasteiger partial charge in [-0.3, -0.25) is 9.35 Å². The van der Waals surface area contributed by atoms with Gasteiger partial charge in [-0.15, -0.1) is 0 Å². The molecule has 0 spiro atoms. The zero-order valence-electron chi connectivity index (χ0n) is 13.4. The first kappa shape index (κ1) is 17.8. The number of hydrogen-bond donors (Lipinski definition) is 1. The number of ether oxygens (including phenoxy) is 2. The van der Waals surface area contributed by atoms with Crippen LogP contribution in [0.15, 0.2) is 64.2 Å². The Kier molecular flexibility index (Phi) is 4.58. The van der Waals surface area contributed by atoms with Crippen LogP contribution >= 0.6 is 0 Å². The first-order chi connectivity index (χ1) is 12.3. The van der Waals surface area contributed by atoms with Crippen molar-refractivity contribution in [2.45, 2.75) is 6.10 Å². The lowest BCUT2D eigenvalue weighted by atomic mass is 10.1. The van der Waals surface area contributed by atoms with Crippen LogP contribution < -0.4 is 4.74 Å². The van der Waals surface area contributed by atoms with Crippen LogP contribution in [0.1, 0.15) is 10.4 Å². The lowest BCUT2D eigenvalue weighted by molar-refractivity contribution is -0.140. The molecular formula is C17H13NO7S. The number of allylic oxidation sites excluding steroid dienone is 2.